The lowest BCUT2D eigenvalue weighted by Gasteiger charge is -2.05. The minimum atomic E-state index is -0.453. The summed E-state index contributed by atoms with van der Waals surface area (Å²) < 4.78 is 10.4. The third-order valence-corrected chi connectivity index (χ3v) is 4.80. The van der Waals surface area contributed by atoms with Gasteiger partial charge in [-0.3, -0.25) is 4.79 Å². The molecule has 7 heteroatoms. The molecule has 0 spiro atoms. The third-order valence-electron chi connectivity index (χ3n) is 3.90. The predicted molar refractivity (Wildman–Crippen MR) is 108 cm³/mol. The number of carbonyl (C=O) groups excluding carboxylic acids is 2. The van der Waals surface area contributed by atoms with Crippen LogP contribution < -0.4 is 10.1 Å². The highest BCUT2D eigenvalue weighted by molar-refractivity contribution is 7.09. The Morgan fingerprint density at radius 2 is 1.93 bits per heavy atom. The molecule has 0 fully saturated rings. The van der Waals surface area contributed by atoms with Crippen LogP contribution >= 0.6 is 11.3 Å². The van der Waals surface area contributed by atoms with E-state index in [1.807, 2.05) is 31.2 Å². The van der Waals surface area contributed by atoms with Crippen molar-refractivity contribution in [2.24, 2.45) is 0 Å². The van der Waals surface area contributed by atoms with Gasteiger partial charge >= 0.3 is 5.97 Å². The van der Waals surface area contributed by atoms with Gasteiger partial charge in [0.2, 0.25) is 5.91 Å². The molecule has 0 unspecified atom stereocenters. The van der Waals surface area contributed by atoms with E-state index < -0.39 is 5.97 Å². The Bertz CT molecular complexity index is 967. The molecule has 28 heavy (non-hydrogen) atoms. The molecule has 0 aliphatic heterocycles. The van der Waals surface area contributed by atoms with E-state index in [-0.39, 0.29) is 18.9 Å². The van der Waals surface area contributed by atoms with Crippen LogP contribution in [0.1, 0.15) is 26.6 Å². The van der Waals surface area contributed by atoms with Crippen molar-refractivity contribution in [1.82, 2.24) is 4.98 Å². The fourth-order valence-corrected chi connectivity index (χ4v) is 3.23. The Kier molecular flexibility index (Phi) is 6.39. The van der Waals surface area contributed by atoms with E-state index in [0.717, 1.165) is 11.3 Å². The first-order valence-electron chi connectivity index (χ1n) is 8.64. The first kappa shape index (κ1) is 19.6. The van der Waals surface area contributed by atoms with E-state index >= 15 is 0 Å². The number of carbonyl (C=O) groups is 2. The fraction of sp³-hybridized carbons (Fsp3) is 0.190. The Morgan fingerprint density at radius 3 is 2.68 bits per heavy atom. The molecular weight excluding hydrogens is 376 g/mol. The van der Waals surface area contributed by atoms with E-state index in [1.165, 1.54) is 18.4 Å². The first-order chi connectivity index (χ1) is 13.5. The highest BCUT2D eigenvalue weighted by Gasteiger charge is 2.12. The molecule has 0 radical (unpaired) electrons. The van der Waals surface area contributed by atoms with Gasteiger partial charge in [0, 0.05) is 11.1 Å². The average Bonchev–Trinajstić information content (AvgIpc) is 3.15. The Labute approximate surface area is 167 Å². The number of amides is 1. The van der Waals surface area contributed by atoms with E-state index in [1.54, 1.807) is 29.6 Å². The van der Waals surface area contributed by atoms with E-state index in [2.05, 4.69) is 10.3 Å². The zero-order valence-corrected chi connectivity index (χ0v) is 16.4. The first-order valence-corrected chi connectivity index (χ1v) is 9.52. The van der Waals surface area contributed by atoms with E-state index in [0.29, 0.717) is 22.0 Å². The smallest absolute Gasteiger partial charge is 0.338 e. The van der Waals surface area contributed by atoms with Crippen molar-refractivity contribution in [2.45, 2.75) is 20.0 Å². The molecule has 1 N–H and O–H groups in total. The Balaban J connectivity index is 1.51. The van der Waals surface area contributed by atoms with Crippen molar-refractivity contribution in [3.05, 3.63) is 75.7 Å². The van der Waals surface area contributed by atoms with Crippen molar-refractivity contribution in [1.29, 1.82) is 0 Å². The maximum absolute atomic E-state index is 12.1. The van der Waals surface area contributed by atoms with Gasteiger partial charge in [0.25, 0.3) is 0 Å². The number of aromatic nitrogens is 1. The van der Waals surface area contributed by atoms with Gasteiger partial charge in [-0.25, -0.2) is 9.78 Å². The summed E-state index contributed by atoms with van der Waals surface area (Å²) in [6.45, 7) is 2.04. The lowest BCUT2D eigenvalue weighted by Crippen LogP contribution is -2.14. The average molecular weight is 396 g/mol. The van der Waals surface area contributed by atoms with Gasteiger partial charge in [-0.1, -0.05) is 23.8 Å². The second-order valence-corrected chi connectivity index (χ2v) is 7.07. The van der Waals surface area contributed by atoms with Gasteiger partial charge in [-0.05, 0) is 37.3 Å². The summed E-state index contributed by atoms with van der Waals surface area (Å²) in [7, 11) is 1.54. The number of hydrogen-bond acceptors (Lipinski definition) is 6. The predicted octanol–water partition coefficient (Wildman–Crippen LogP) is 4.00. The van der Waals surface area contributed by atoms with Crippen LogP contribution in [0, 0.1) is 6.92 Å². The second-order valence-electron chi connectivity index (χ2n) is 6.13. The highest BCUT2D eigenvalue weighted by Crippen LogP contribution is 2.16. The van der Waals surface area contributed by atoms with Crippen molar-refractivity contribution < 1.29 is 19.1 Å². The van der Waals surface area contributed by atoms with E-state index in [9.17, 15) is 9.59 Å². The number of esters is 1. The van der Waals surface area contributed by atoms with Crippen LogP contribution in [0.3, 0.4) is 0 Å². The molecule has 0 aliphatic carbocycles. The number of nitrogens with one attached hydrogen (secondary N) is 1. The summed E-state index contributed by atoms with van der Waals surface area (Å²) >= 11 is 1.36. The number of thiazole rings is 1. The van der Waals surface area contributed by atoms with Crippen LogP contribution in [0.2, 0.25) is 0 Å². The van der Waals surface area contributed by atoms with Crippen LogP contribution in [-0.4, -0.2) is 24.0 Å². The van der Waals surface area contributed by atoms with Crippen LogP contribution in [0.15, 0.2) is 53.9 Å². The molecule has 0 saturated heterocycles. The van der Waals surface area contributed by atoms with Crippen molar-refractivity contribution >= 4 is 28.9 Å². The second kappa shape index (κ2) is 9.14. The minimum Gasteiger partial charge on any atom is -0.497 e. The van der Waals surface area contributed by atoms with E-state index in [4.69, 9.17) is 9.47 Å². The Morgan fingerprint density at radius 1 is 1.14 bits per heavy atom. The number of methoxy groups -OCH3 is 1. The van der Waals surface area contributed by atoms with Crippen LogP contribution in [-0.2, 0) is 22.6 Å². The van der Waals surface area contributed by atoms with Gasteiger partial charge in [-0.15, -0.1) is 11.3 Å². The number of benzene rings is 2. The molecule has 0 saturated carbocycles. The summed E-state index contributed by atoms with van der Waals surface area (Å²) in [6.07, 6.45) is 0.169. The molecule has 0 bridgehead atoms. The summed E-state index contributed by atoms with van der Waals surface area (Å²) in [5.74, 6) is -0.00586. The number of hydrogen-bond donors (Lipinski definition) is 1. The number of aryl methyl sites for hydroxylation is 1. The monoisotopic (exact) mass is 396 g/mol. The molecule has 1 amide bonds. The van der Waals surface area contributed by atoms with Gasteiger partial charge in [0.15, 0.2) is 0 Å². The van der Waals surface area contributed by atoms with Gasteiger partial charge in [0.05, 0.1) is 24.8 Å². The molecule has 0 atom stereocenters. The molecular formula is C21H20N2O4S. The maximum atomic E-state index is 12.1. The SMILES string of the molecule is COc1cccc(C(=O)OCc2csc(CC(=O)Nc3ccc(C)cc3)n2)c1. The molecule has 3 rings (SSSR count). The van der Waals surface area contributed by atoms with Crippen LogP contribution in [0.25, 0.3) is 0 Å². The number of rotatable bonds is 7. The molecule has 2 aromatic carbocycles. The topological polar surface area (TPSA) is 77.5 Å². The minimum absolute atomic E-state index is 0.0477. The zero-order valence-electron chi connectivity index (χ0n) is 15.6. The summed E-state index contributed by atoms with van der Waals surface area (Å²) in [4.78, 5) is 28.6. The number of nitrogens with zero attached hydrogens (tertiary/aromatic N) is 1. The van der Waals surface area contributed by atoms with Gasteiger partial charge in [0.1, 0.15) is 17.4 Å². The lowest BCUT2D eigenvalue weighted by atomic mass is 10.2. The molecule has 0 aliphatic rings. The molecule has 6 nitrogen and oxygen atoms in total. The lowest BCUT2D eigenvalue weighted by molar-refractivity contribution is -0.115. The van der Waals surface area contributed by atoms with Crippen molar-refractivity contribution in [2.75, 3.05) is 12.4 Å². The molecule has 3 aromatic rings. The number of ether oxygens (including phenoxy) is 2. The number of anilines is 1. The summed E-state index contributed by atoms with van der Waals surface area (Å²) in [5, 5.41) is 5.29. The standard InChI is InChI=1S/C21H20N2O4S/c1-14-6-8-16(9-7-14)22-19(24)11-20-23-17(13-28-20)12-27-21(25)15-4-3-5-18(10-15)26-2/h3-10,13H,11-12H2,1-2H3,(H,22,24). The largest absolute Gasteiger partial charge is 0.497 e. The zero-order chi connectivity index (χ0) is 19.9. The quantitative estimate of drug-likeness (QED) is 0.611. The maximum Gasteiger partial charge on any atom is 0.338 e. The Hall–Kier alpha value is -3.19. The van der Waals surface area contributed by atoms with Crippen LogP contribution in [0.5, 0.6) is 5.75 Å². The van der Waals surface area contributed by atoms with Gasteiger partial charge < -0.3 is 14.8 Å². The molecule has 144 valence electrons. The van der Waals surface area contributed by atoms with Gasteiger partial charge in [-0.2, -0.15) is 0 Å². The molecule has 1 aromatic heterocycles. The molecule has 1 heterocycles. The third kappa shape index (κ3) is 5.40. The summed E-state index contributed by atoms with van der Waals surface area (Å²) in [6, 6.07) is 14.4. The highest BCUT2D eigenvalue weighted by atomic mass is 32.1. The normalized spacial score (nSPS) is 10.4. The van der Waals surface area contributed by atoms with Crippen LogP contribution in [0.4, 0.5) is 5.69 Å². The van der Waals surface area contributed by atoms with Crippen molar-refractivity contribution in [3.8, 4) is 5.75 Å². The summed E-state index contributed by atoms with van der Waals surface area (Å²) in [5.41, 5.74) is 2.90. The van der Waals surface area contributed by atoms with Crippen molar-refractivity contribution in [3.63, 3.8) is 0 Å². The fourth-order valence-electron chi connectivity index (χ4n) is 2.45.